The lowest BCUT2D eigenvalue weighted by molar-refractivity contribution is 0.742. The molecule has 0 radical (unpaired) electrons. The van der Waals surface area contributed by atoms with Gasteiger partial charge < -0.3 is 10.6 Å². The summed E-state index contributed by atoms with van der Waals surface area (Å²) in [6.07, 6.45) is 3.62. The van der Waals surface area contributed by atoms with Crippen molar-refractivity contribution in [2.75, 3.05) is 17.2 Å². The number of anilines is 3. The number of aromatic nitrogens is 2. The van der Waals surface area contributed by atoms with Crippen molar-refractivity contribution in [1.29, 1.82) is 0 Å². The van der Waals surface area contributed by atoms with Crippen LogP contribution in [-0.2, 0) is 0 Å². The summed E-state index contributed by atoms with van der Waals surface area (Å²) >= 11 is 3.43. The SMILES string of the molecule is CCCCCNc1cc(Nc2ccc(Br)cc2)nc(C)n1. The summed E-state index contributed by atoms with van der Waals surface area (Å²) in [7, 11) is 0. The van der Waals surface area contributed by atoms with E-state index in [1.165, 1.54) is 12.8 Å². The second-order valence-corrected chi connectivity index (χ2v) is 5.87. The maximum absolute atomic E-state index is 4.42. The predicted octanol–water partition coefficient (Wildman–Crippen LogP) is 4.89. The van der Waals surface area contributed by atoms with E-state index < -0.39 is 0 Å². The van der Waals surface area contributed by atoms with Crippen molar-refractivity contribution in [3.8, 4) is 0 Å². The van der Waals surface area contributed by atoms with Gasteiger partial charge in [0.25, 0.3) is 0 Å². The Labute approximate surface area is 134 Å². The van der Waals surface area contributed by atoms with Crippen LogP contribution < -0.4 is 10.6 Å². The molecule has 5 heteroatoms. The molecule has 0 unspecified atom stereocenters. The quantitative estimate of drug-likeness (QED) is 0.699. The zero-order chi connectivity index (χ0) is 15.1. The molecule has 0 fully saturated rings. The van der Waals surface area contributed by atoms with Crippen molar-refractivity contribution < 1.29 is 0 Å². The fraction of sp³-hybridized carbons (Fsp3) is 0.375. The number of aryl methyl sites for hydroxylation is 1. The third kappa shape index (κ3) is 5.34. The van der Waals surface area contributed by atoms with Crippen molar-refractivity contribution in [2.45, 2.75) is 33.1 Å². The Morgan fingerprint density at radius 1 is 1.05 bits per heavy atom. The van der Waals surface area contributed by atoms with E-state index in [0.29, 0.717) is 0 Å². The first-order valence-electron chi connectivity index (χ1n) is 7.29. The van der Waals surface area contributed by atoms with Crippen LogP contribution >= 0.6 is 15.9 Å². The van der Waals surface area contributed by atoms with Gasteiger partial charge >= 0.3 is 0 Å². The smallest absolute Gasteiger partial charge is 0.136 e. The maximum Gasteiger partial charge on any atom is 0.136 e. The fourth-order valence-electron chi connectivity index (χ4n) is 1.99. The minimum Gasteiger partial charge on any atom is -0.370 e. The van der Waals surface area contributed by atoms with Crippen LogP contribution in [0, 0.1) is 6.92 Å². The molecule has 4 nitrogen and oxygen atoms in total. The topological polar surface area (TPSA) is 49.8 Å². The summed E-state index contributed by atoms with van der Waals surface area (Å²) in [6, 6.07) is 9.97. The third-order valence-corrected chi connectivity index (χ3v) is 3.57. The van der Waals surface area contributed by atoms with Crippen LogP contribution in [0.2, 0.25) is 0 Å². The molecule has 1 aromatic carbocycles. The Bertz CT molecular complexity index is 569. The summed E-state index contributed by atoms with van der Waals surface area (Å²) < 4.78 is 1.06. The van der Waals surface area contributed by atoms with Crippen LogP contribution in [0.4, 0.5) is 17.3 Å². The van der Waals surface area contributed by atoms with E-state index in [2.05, 4.69) is 43.5 Å². The highest BCUT2D eigenvalue weighted by atomic mass is 79.9. The van der Waals surface area contributed by atoms with E-state index in [4.69, 9.17) is 0 Å². The highest BCUT2D eigenvalue weighted by molar-refractivity contribution is 9.10. The lowest BCUT2D eigenvalue weighted by Crippen LogP contribution is -2.06. The fourth-order valence-corrected chi connectivity index (χ4v) is 2.26. The lowest BCUT2D eigenvalue weighted by atomic mass is 10.2. The van der Waals surface area contributed by atoms with Crippen molar-refractivity contribution in [2.24, 2.45) is 0 Å². The molecule has 0 saturated heterocycles. The highest BCUT2D eigenvalue weighted by Crippen LogP contribution is 2.19. The average Bonchev–Trinajstić information content (AvgIpc) is 2.46. The second-order valence-electron chi connectivity index (χ2n) is 4.95. The number of unbranched alkanes of at least 4 members (excludes halogenated alkanes) is 2. The summed E-state index contributed by atoms with van der Waals surface area (Å²) in [6.45, 7) is 5.06. The molecule has 0 bridgehead atoms. The minimum atomic E-state index is 0.759. The standard InChI is InChI=1S/C16H21BrN4/c1-3-4-5-10-18-15-11-16(20-12(2)19-15)21-14-8-6-13(17)7-9-14/h6-9,11H,3-5,10H2,1-2H3,(H2,18,19,20,21). The van der Waals surface area contributed by atoms with Gasteiger partial charge in [-0.1, -0.05) is 35.7 Å². The molecule has 2 rings (SSSR count). The zero-order valence-corrected chi connectivity index (χ0v) is 14.1. The van der Waals surface area contributed by atoms with Crippen molar-refractivity contribution in [3.63, 3.8) is 0 Å². The van der Waals surface area contributed by atoms with Gasteiger partial charge in [-0.2, -0.15) is 0 Å². The number of hydrogen-bond donors (Lipinski definition) is 2. The van der Waals surface area contributed by atoms with Crippen LogP contribution in [-0.4, -0.2) is 16.5 Å². The number of benzene rings is 1. The van der Waals surface area contributed by atoms with Crippen LogP contribution in [0.15, 0.2) is 34.8 Å². The molecule has 2 aromatic rings. The monoisotopic (exact) mass is 348 g/mol. The molecule has 21 heavy (non-hydrogen) atoms. The van der Waals surface area contributed by atoms with E-state index in [1.54, 1.807) is 0 Å². The number of hydrogen-bond acceptors (Lipinski definition) is 4. The van der Waals surface area contributed by atoms with Gasteiger partial charge in [-0.3, -0.25) is 0 Å². The third-order valence-electron chi connectivity index (χ3n) is 3.04. The van der Waals surface area contributed by atoms with Crippen molar-refractivity contribution >= 4 is 33.3 Å². The van der Waals surface area contributed by atoms with E-state index >= 15 is 0 Å². The van der Waals surface area contributed by atoms with Gasteiger partial charge in [0.2, 0.25) is 0 Å². The van der Waals surface area contributed by atoms with Crippen LogP contribution in [0.1, 0.15) is 32.0 Å². The molecule has 112 valence electrons. The molecule has 0 saturated carbocycles. The van der Waals surface area contributed by atoms with Gasteiger partial charge in [-0.15, -0.1) is 0 Å². The maximum atomic E-state index is 4.42. The van der Waals surface area contributed by atoms with E-state index in [9.17, 15) is 0 Å². The zero-order valence-electron chi connectivity index (χ0n) is 12.5. The largest absolute Gasteiger partial charge is 0.370 e. The molecule has 0 aliphatic carbocycles. The summed E-state index contributed by atoms with van der Waals surface area (Å²) in [5.74, 6) is 2.44. The molecule has 2 N–H and O–H groups in total. The Balaban J connectivity index is 2.02. The Morgan fingerprint density at radius 3 is 2.48 bits per heavy atom. The number of halogens is 1. The first-order chi connectivity index (χ1) is 10.2. The molecule has 0 spiro atoms. The normalized spacial score (nSPS) is 10.4. The summed E-state index contributed by atoms with van der Waals surface area (Å²) in [5.41, 5.74) is 1.01. The second kappa shape index (κ2) is 7.98. The molecule has 0 atom stereocenters. The van der Waals surface area contributed by atoms with Crippen LogP contribution in [0.3, 0.4) is 0 Å². The van der Waals surface area contributed by atoms with Gasteiger partial charge in [0.1, 0.15) is 17.5 Å². The number of nitrogens with one attached hydrogen (secondary N) is 2. The number of nitrogens with zero attached hydrogens (tertiary/aromatic N) is 2. The Kier molecular flexibility index (Phi) is 5.99. The Morgan fingerprint density at radius 2 is 1.76 bits per heavy atom. The molecule has 1 aromatic heterocycles. The van der Waals surface area contributed by atoms with Crippen molar-refractivity contribution in [1.82, 2.24) is 9.97 Å². The molecule has 0 aliphatic rings. The van der Waals surface area contributed by atoms with Gasteiger partial charge in [0.05, 0.1) is 0 Å². The van der Waals surface area contributed by atoms with Gasteiger partial charge in [0.15, 0.2) is 0 Å². The van der Waals surface area contributed by atoms with E-state index in [0.717, 1.165) is 40.6 Å². The van der Waals surface area contributed by atoms with Gasteiger partial charge in [-0.25, -0.2) is 9.97 Å². The lowest BCUT2D eigenvalue weighted by Gasteiger charge is -2.10. The first-order valence-corrected chi connectivity index (χ1v) is 8.09. The predicted molar refractivity (Wildman–Crippen MR) is 92.2 cm³/mol. The molecular formula is C16H21BrN4. The average molecular weight is 349 g/mol. The summed E-state index contributed by atoms with van der Waals surface area (Å²) in [4.78, 5) is 8.84. The molecular weight excluding hydrogens is 328 g/mol. The molecule has 0 amide bonds. The van der Waals surface area contributed by atoms with E-state index in [1.807, 2.05) is 37.3 Å². The minimum absolute atomic E-state index is 0.759. The summed E-state index contributed by atoms with van der Waals surface area (Å²) in [5, 5.41) is 6.66. The van der Waals surface area contributed by atoms with E-state index in [-0.39, 0.29) is 0 Å². The van der Waals surface area contributed by atoms with Gasteiger partial charge in [-0.05, 0) is 37.6 Å². The van der Waals surface area contributed by atoms with Crippen molar-refractivity contribution in [3.05, 3.63) is 40.6 Å². The van der Waals surface area contributed by atoms with Crippen LogP contribution in [0.5, 0.6) is 0 Å². The molecule has 0 aliphatic heterocycles. The van der Waals surface area contributed by atoms with Crippen LogP contribution in [0.25, 0.3) is 0 Å². The molecule has 1 heterocycles. The highest BCUT2D eigenvalue weighted by Gasteiger charge is 2.02. The first kappa shape index (κ1) is 15.8. The van der Waals surface area contributed by atoms with Gasteiger partial charge in [0, 0.05) is 22.8 Å². The number of rotatable bonds is 7. The Hall–Kier alpha value is -1.62.